The SMILES string of the molecule is O=C(C[C@H]1OCCc2ccccc21)NCCn1cccc1. The second-order valence-corrected chi connectivity index (χ2v) is 5.28. The van der Waals surface area contributed by atoms with Crippen LogP contribution in [0.5, 0.6) is 0 Å². The second-order valence-electron chi connectivity index (χ2n) is 5.28. The number of fused-ring (bicyclic) bond motifs is 1. The molecule has 3 rings (SSSR count). The van der Waals surface area contributed by atoms with Crippen molar-refractivity contribution in [3.05, 3.63) is 59.9 Å². The van der Waals surface area contributed by atoms with E-state index in [4.69, 9.17) is 4.74 Å². The van der Waals surface area contributed by atoms with Gasteiger partial charge >= 0.3 is 0 Å². The highest BCUT2D eigenvalue weighted by molar-refractivity contribution is 5.76. The van der Waals surface area contributed by atoms with Crippen molar-refractivity contribution in [2.24, 2.45) is 0 Å². The van der Waals surface area contributed by atoms with Crippen LogP contribution in [0.1, 0.15) is 23.7 Å². The number of aromatic nitrogens is 1. The van der Waals surface area contributed by atoms with Crippen molar-refractivity contribution in [2.45, 2.75) is 25.5 Å². The van der Waals surface area contributed by atoms with Crippen molar-refractivity contribution in [2.75, 3.05) is 13.2 Å². The van der Waals surface area contributed by atoms with Crippen LogP contribution in [0, 0.1) is 0 Å². The predicted octanol–water partition coefficient (Wildman–Crippen LogP) is 2.31. The van der Waals surface area contributed by atoms with E-state index in [-0.39, 0.29) is 12.0 Å². The molecule has 1 aliphatic heterocycles. The van der Waals surface area contributed by atoms with Crippen LogP contribution >= 0.6 is 0 Å². The Morgan fingerprint density at radius 3 is 2.90 bits per heavy atom. The van der Waals surface area contributed by atoms with Crippen LogP contribution in [-0.4, -0.2) is 23.6 Å². The lowest BCUT2D eigenvalue weighted by atomic mass is 9.96. The van der Waals surface area contributed by atoms with Gasteiger partial charge in [-0.15, -0.1) is 0 Å². The van der Waals surface area contributed by atoms with Gasteiger partial charge in [-0.05, 0) is 29.7 Å². The normalized spacial score (nSPS) is 17.2. The van der Waals surface area contributed by atoms with E-state index in [1.807, 2.05) is 41.2 Å². The zero-order valence-electron chi connectivity index (χ0n) is 12.0. The molecule has 0 saturated carbocycles. The maximum Gasteiger partial charge on any atom is 0.223 e. The average molecular weight is 284 g/mol. The van der Waals surface area contributed by atoms with Gasteiger partial charge in [0.15, 0.2) is 0 Å². The monoisotopic (exact) mass is 284 g/mol. The molecule has 0 fully saturated rings. The van der Waals surface area contributed by atoms with Crippen molar-refractivity contribution < 1.29 is 9.53 Å². The number of nitrogens with one attached hydrogen (secondary N) is 1. The zero-order valence-corrected chi connectivity index (χ0v) is 12.0. The Labute approximate surface area is 124 Å². The van der Waals surface area contributed by atoms with Crippen LogP contribution in [0.2, 0.25) is 0 Å². The van der Waals surface area contributed by atoms with Crippen molar-refractivity contribution in [1.82, 2.24) is 9.88 Å². The molecule has 1 amide bonds. The van der Waals surface area contributed by atoms with Gasteiger partial charge in [-0.1, -0.05) is 24.3 Å². The fourth-order valence-electron chi connectivity index (χ4n) is 2.73. The van der Waals surface area contributed by atoms with E-state index in [1.54, 1.807) is 0 Å². The van der Waals surface area contributed by atoms with E-state index in [9.17, 15) is 4.79 Å². The van der Waals surface area contributed by atoms with E-state index < -0.39 is 0 Å². The summed E-state index contributed by atoms with van der Waals surface area (Å²) in [5, 5.41) is 2.96. The van der Waals surface area contributed by atoms with E-state index in [0.717, 1.165) is 18.5 Å². The van der Waals surface area contributed by atoms with Gasteiger partial charge in [0.25, 0.3) is 0 Å². The first-order chi connectivity index (χ1) is 10.3. The van der Waals surface area contributed by atoms with Gasteiger partial charge in [-0.3, -0.25) is 4.79 Å². The Morgan fingerprint density at radius 2 is 2.05 bits per heavy atom. The molecule has 0 unspecified atom stereocenters. The quantitative estimate of drug-likeness (QED) is 0.915. The summed E-state index contributed by atoms with van der Waals surface area (Å²) in [7, 11) is 0. The number of hydrogen-bond donors (Lipinski definition) is 1. The molecule has 0 saturated heterocycles. The van der Waals surface area contributed by atoms with Crippen LogP contribution in [0.25, 0.3) is 0 Å². The van der Waals surface area contributed by atoms with Gasteiger partial charge < -0.3 is 14.6 Å². The molecule has 0 spiro atoms. The highest BCUT2D eigenvalue weighted by atomic mass is 16.5. The minimum absolute atomic E-state index is 0.0452. The highest BCUT2D eigenvalue weighted by Crippen LogP contribution is 2.29. The first kappa shape index (κ1) is 13.9. The van der Waals surface area contributed by atoms with Crippen molar-refractivity contribution >= 4 is 5.91 Å². The lowest BCUT2D eigenvalue weighted by molar-refractivity contribution is -0.124. The molecule has 0 aliphatic carbocycles. The summed E-state index contributed by atoms with van der Waals surface area (Å²) < 4.78 is 7.81. The summed E-state index contributed by atoms with van der Waals surface area (Å²) in [5.74, 6) is 0.0452. The van der Waals surface area contributed by atoms with Crippen molar-refractivity contribution in [3.8, 4) is 0 Å². The smallest absolute Gasteiger partial charge is 0.223 e. The van der Waals surface area contributed by atoms with Crippen LogP contribution in [-0.2, 0) is 22.5 Å². The van der Waals surface area contributed by atoms with E-state index in [0.29, 0.717) is 19.6 Å². The lowest BCUT2D eigenvalue weighted by Crippen LogP contribution is -2.30. The summed E-state index contributed by atoms with van der Waals surface area (Å²) in [6.45, 7) is 2.13. The van der Waals surface area contributed by atoms with Gasteiger partial charge in [-0.2, -0.15) is 0 Å². The molecule has 4 nitrogen and oxygen atoms in total. The molecule has 1 aromatic carbocycles. The molecule has 0 radical (unpaired) electrons. The predicted molar refractivity (Wildman–Crippen MR) is 80.9 cm³/mol. The number of carbonyl (C=O) groups is 1. The number of hydrogen-bond acceptors (Lipinski definition) is 2. The van der Waals surface area contributed by atoms with Crippen molar-refractivity contribution in [1.29, 1.82) is 0 Å². The maximum atomic E-state index is 12.0. The first-order valence-corrected chi connectivity index (χ1v) is 7.40. The van der Waals surface area contributed by atoms with Crippen LogP contribution in [0.3, 0.4) is 0 Å². The number of rotatable bonds is 5. The fourth-order valence-corrected chi connectivity index (χ4v) is 2.73. The number of carbonyl (C=O) groups excluding carboxylic acids is 1. The number of ether oxygens (including phenoxy) is 1. The zero-order chi connectivity index (χ0) is 14.5. The minimum Gasteiger partial charge on any atom is -0.373 e. The molecule has 1 aliphatic rings. The molecule has 2 aromatic rings. The van der Waals surface area contributed by atoms with Crippen molar-refractivity contribution in [3.63, 3.8) is 0 Å². The van der Waals surface area contributed by atoms with Gasteiger partial charge in [0.05, 0.1) is 19.1 Å². The van der Waals surface area contributed by atoms with E-state index >= 15 is 0 Å². The van der Waals surface area contributed by atoms with E-state index in [2.05, 4.69) is 17.4 Å². The molecule has 4 heteroatoms. The molecule has 1 aromatic heterocycles. The standard InChI is InChI=1S/C17H20N2O2/c20-17(18-8-11-19-9-3-4-10-19)13-16-15-6-2-1-5-14(15)7-12-21-16/h1-6,9-10,16H,7-8,11-13H2,(H,18,20)/t16-/m1/s1. The number of amides is 1. The molecule has 1 N–H and O–H groups in total. The Hall–Kier alpha value is -2.07. The second kappa shape index (κ2) is 6.59. The van der Waals surface area contributed by atoms with Crippen LogP contribution < -0.4 is 5.32 Å². The van der Waals surface area contributed by atoms with Crippen LogP contribution in [0.15, 0.2) is 48.8 Å². The number of nitrogens with zero attached hydrogens (tertiary/aromatic N) is 1. The Balaban J connectivity index is 1.51. The van der Waals surface area contributed by atoms with E-state index in [1.165, 1.54) is 5.56 Å². The average Bonchev–Trinajstić information content (AvgIpc) is 3.01. The summed E-state index contributed by atoms with van der Waals surface area (Å²) >= 11 is 0. The summed E-state index contributed by atoms with van der Waals surface area (Å²) in [4.78, 5) is 12.0. The molecular weight excluding hydrogens is 264 g/mol. The van der Waals surface area contributed by atoms with Gasteiger partial charge in [-0.25, -0.2) is 0 Å². The largest absolute Gasteiger partial charge is 0.373 e. The third kappa shape index (κ3) is 3.52. The molecule has 0 bridgehead atoms. The lowest BCUT2D eigenvalue weighted by Gasteiger charge is -2.25. The van der Waals surface area contributed by atoms with Gasteiger partial charge in [0.1, 0.15) is 0 Å². The van der Waals surface area contributed by atoms with Crippen LogP contribution in [0.4, 0.5) is 0 Å². The summed E-state index contributed by atoms with van der Waals surface area (Å²) in [5.41, 5.74) is 2.46. The summed E-state index contributed by atoms with van der Waals surface area (Å²) in [6, 6.07) is 12.2. The first-order valence-electron chi connectivity index (χ1n) is 7.40. The fraction of sp³-hybridized carbons (Fsp3) is 0.353. The third-order valence-electron chi connectivity index (χ3n) is 3.82. The Kier molecular flexibility index (Phi) is 4.36. The Morgan fingerprint density at radius 1 is 1.24 bits per heavy atom. The highest BCUT2D eigenvalue weighted by Gasteiger charge is 2.22. The van der Waals surface area contributed by atoms with Gasteiger partial charge in [0.2, 0.25) is 5.91 Å². The molecule has 1 atom stereocenters. The molecular formula is C17H20N2O2. The molecule has 2 heterocycles. The third-order valence-corrected chi connectivity index (χ3v) is 3.82. The summed E-state index contributed by atoms with van der Waals surface area (Å²) in [6.07, 6.45) is 5.20. The Bertz CT molecular complexity index is 593. The molecule has 110 valence electrons. The topological polar surface area (TPSA) is 43.3 Å². The minimum atomic E-state index is -0.110. The molecule has 21 heavy (non-hydrogen) atoms. The number of benzene rings is 1. The maximum absolute atomic E-state index is 12.0. The van der Waals surface area contributed by atoms with Gasteiger partial charge in [0, 0.05) is 25.5 Å².